The van der Waals surface area contributed by atoms with Crippen molar-refractivity contribution in [2.45, 2.75) is 70.9 Å². The summed E-state index contributed by atoms with van der Waals surface area (Å²) in [6.45, 7) is 6.61. The number of hydrogen-bond acceptors (Lipinski definition) is 3. The van der Waals surface area contributed by atoms with Gasteiger partial charge in [0.05, 0.1) is 0 Å². The second-order valence-corrected chi connectivity index (χ2v) is 8.57. The molecule has 2 rings (SSSR count). The molecule has 0 aromatic carbocycles. The number of piperidine rings is 1. The third-order valence-corrected chi connectivity index (χ3v) is 6.33. The highest BCUT2D eigenvalue weighted by molar-refractivity contribution is 7.87. The number of rotatable bonds is 6. The van der Waals surface area contributed by atoms with E-state index in [4.69, 9.17) is 0 Å². The molecule has 0 atom stereocenters. The average Bonchev–Trinajstić information content (AvgIpc) is 2.46. The largest absolute Gasteiger partial charge is 0.314 e. The highest BCUT2D eigenvalue weighted by atomic mass is 32.2. The van der Waals surface area contributed by atoms with E-state index >= 15 is 0 Å². The summed E-state index contributed by atoms with van der Waals surface area (Å²) in [6, 6.07) is 0.656. The van der Waals surface area contributed by atoms with Gasteiger partial charge in [-0.1, -0.05) is 33.1 Å². The minimum Gasteiger partial charge on any atom is -0.314 e. The highest BCUT2D eigenvalue weighted by Gasteiger charge is 2.30. The van der Waals surface area contributed by atoms with Crippen LogP contribution in [0.25, 0.3) is 0 Å². The van der Waals surface area contributed by atoms with Crippen molar-refractivity contribution in [3.63, 3.8) is 0 Å². The normalized spacial score (nSPS) is 23.8. The predicted octanol–water partition coefficient (Wildman–Crippen LogP) is 1.86. The van der Waals surface area contributed by atoms with Gasteiger partial charge in [-0.2, -0.15) is 17.4 Å². The third kappa shape index (κ3) is 5.51. The first-order chi connectivity index (χ1) is 9.97. The Kier molecular flexibility index (Phi) is 6.47. The molecule has 6 heteroatoms. The molecule has 21 heavy (non-hydrogen) atoms. The first-order valence-electron chi connectivity index (χ1n) is 8.48. The molecule has 1 aliphatic heterocycles. The summed E-state index contributed by atoms with van der Waals surface area (Å²) in [6.07, 6.45) is 7.46. The zero-order valence-electron chi connectivity index (χ0n) is 13.5. The van der Waals surface area contributed by atoms with Gasteiger partial charge in [-0.05, 0) is 38.1 Å². The molecule has 0 unspecified atom stereocenters. The van der Waals surface area contributed by atoms with Crippen molar-refractivity contribution in [1.82, 2.24) is 14.3 Å². The molecule has 0 aromatic rings. The van der Waals surface area contributed by atoms with Crippen LogP contribution in [0.3, 0.4) is 0 Å². The molecule has 1 heterocycles. The summed E-state index contributed by atoms with van der Waals surface area (Å²) >= 11 is 0. The lowest BCUT2D eigenvalue weighted by Crippen LogP contribution is -2.49. The van der Waals surface area contributed by atoms with Crippen molar-refractivity contribution >= 4 is 10.2 Å². The van der Waals surface area contributed by atoms with Gasteiger partial charge in [-0.3, -0.25) is 0 Å². The maximum absolute atomic E-state index is 12.4. The maximum atomic E-state index is 12.4. The first-order valence-corrected chi connectivity index (χ1v) is 9.92. The molecular formula is C15H31N3O2S. The van der Waals surface area contributed by atoms with E-state index in [1.807, 2.05) is 0 Å². The maximum Gasteiger partial charge on any atom is 0.279 e. The Balaban J connectivity index is 1.77. The molecule has 2 fully saturated rings. The Morgan fingerprint density at radius 3 is 2.24 bits per heavy atom. The Morgan fingerprint density at radius 2 is 1.67 bits per heavy atom. The van der Waals surface area contributed by atoms with E-state index in [0.29, 0.717) is 25.0 Å². The minimum atomic E-state index is -3.27. The fraction of sp³-hybridized carbons (Fsp3) is 1.00. The van der Waals surface area contributed by atoms with E-state index in [-0.39, 0.29) is 6.04 Å². The van der Waals surface area contributed by atoms with Crippen LogP contribution in [-0.4, -0.2) is 44.4 Å². The number of nitrogens with one attached hydrogen (secondary N) is 2. The van der Waals surface area contributed by atoms with E-state index in [1.165, 1.54) is 6.42 Å². The Morgan fingerprint density at radius 1 is 1.05 bits per heavy atom. The Bertz CT molecular complexity index is 397. The van der Waals surface area contributed by atoms with Gasteiger partial charge in [-0.15, -0.1) is 0 Å². The summed E-state index contributed by atoms with van der Waals surface area (Å²) in [7, 11) is -3.27. The van der Waals surface area contributed by atoms with Gasteiger partial charge in [0.2, 0.25) is 0 Å². The van der Waals surface area contributed by atoms with Gasteiger partial charge in [0, 0.05) is 25.2 Å². The van der Waals surface area contributed by atoms with E-state index in [1.54, 1.807) is 4.31 Å². The van der Waals surface area contributed by atoms with Crippen LogP contribution in [0.2, 0.25) is 0 Å². The third-order valence-electron chi connectivity index (χ3n) is 4.65. The van der Waals surface area contributed by atoms with Crippen molar-refractivity contribution in [1.29, 1.82) is 0 Å². The summed E-state index contributed by atoms with van der Waals surface area (Å²) in [5.74, 6) is 0.605. The van der Waals surface area contributed by atoms with Gasteiger partial charge in [0.25, 0.3) is 10.2 Å². The topological polar surface area (TPSA) is 61.4 Å². The van der Waals surface area contributed by atoms with Crippen LogP contribution in [0.15, 0.2) is 0 Å². The number of nitrogens with zero attached hydrogens (tertiary/aromatic N) is 1. The lowest BCUT2D eigenvalue weighted by atomic mass is 9.96. The van der Waals surface area contributed by atoms with E-state index in [0.717, 1.165) is 45.1 Å². The molecule has 0 amide bonds. The minimum absolute atomic E-state index is 0.157. The lowest BCUT2D eigenvalue weighted by Gasteiger charge is -2.33. The van der Waals surface area contributed by atoms with E-state index < -0.39 is 10.2 Å². The Hall–Kier alpha value is -0.170. The molecule has 0 bridgehead atoms. The Labute approximate surface area is 130 Å². The molecule has 1 saturated carbocycles. The smallest absolute Gasteiger partial charge is 0.279 e. The van der Waals surface area contributed by atoms with Crippen LogP contribution >= 0.6 is 0 Å². The first kappa shape index (κ1) is 17.2. The van der Waals surface area contributed by atoms with Crippen LogP contribution in [0.1, 0.15) is 58.8 Å². The zero-order chi connectivity index (χ0) is 15.3. The molecule has 0 spiro atoms. The van der Waals surface area contributed by atoms with Crippen LogP contribution in [0.4, 0.5) is 0 Å². The predicted molar refractivity (Wildman–Crippen MR) is 86.4 cm³/mol. The fourth-order valence-corrected chi connectivity index (χ4v) is 4.76. The average molecular weight is 317 g/mol. The molecule has 2 aliphatic rings. The molecule has 0 aromatic heterocycles. The van der Waals surface area contributed by atoms with Crippen molar-refractivity contribution in [2.24, 2.45) is 5.92 Å². The molecule has 0 radical (unpaired) electrons. The molecule has 124 valence electrons. The highest BCUT2D eigenvalue weighted by Crippen LogP contribution is 2.21. The summed E-state index contributed by atoms with van der Waals surface area (Å²) in [4.78, 5) is 0. The van der Waals surface area contributed by atoms with Gasteiger partial charge in [0.1, 0.15) is 0 Å². The van der Waals surface area contributed by atoms with E-state index in [9.17, 15) is 8.42 Å². The molecule has 1 aliphatic carbocycles. The fourth-order valence-electron chi connectivity index (χ4n) is 3.26. The zero-order valence-corrected chi connectivity index (χ0v) is 14.3. The molecular weight excluding hydrogens is 286 g/mol. The standard InChI is InChI=1S/C15H31N3O2S/c1-13(2)16-12-14-8-10-18(11-9-14)21(19,20)17-15-6-4-3-5-7-15/h13-17H,3-12H2,1-2H3. The summed E-state index contributed by atoms with van der Waals surface area (Å²) < 4.78 is 29.4. The van der Waals surface area contributed by atoms with Gasteiger partial charge in [0.15, 0.2) is 0 Å². The van der Waals surface area contributed by atoms with Crippen molar-refractivity contribution in [2.75, 3.05) is 19.6 Å². The van der Waals surface area contributed by atoms with Crippen molar-refractivity contribution < 1.29 is 8.42 Å². The molecule has 5 nitrogen and oxygen atoms in total. The lowest BCUT2D eigenvalue weighted by molar-refractivity contribution is 0.258. The molecule has 1 saturated heterocycles. The van der Waals surface area contributed by atoms with Crippen molar-refractivity contribution in [3.05, 3.63) is 0 Å². The van der Waals surface area contributed by atoms with Crippen LogP contribution in [0.5, 0.6) is 0 Å². The quantitative estimate of drug-likeness (QED) is 0.786. The molecule has 2 N–H and O–H groups in total. The van der Waals surface area contributed by atoms with Gasteiger partial charge >= 0.3 is 0 Å². The van der Waals surface area contributed by atoms with Gasteiger partial charge < -0.3 is 5.32 Å². The SMILES string of the molecule is CC(C)NCC1CCN(S(=O)(=O)NC2CCCCC2)CC1. The van der Waals surface area contributed by atoms with Crippen LogP contribution < -0.4 is 10.0 Å². The second-order valence-electron chi connectivity index (χ2n) is 6.86. The van der Waals surface area contributed by atoms with Crippen molar-refractivity contribution in [3.8, 4) is 0 Å². The van der Waals surface area contributed by atoms with Crippen LogP contribution in [0, 0.1) is 5.92 Å². The van der Waals surface area contributed by atoms with Gasteiger partial charge in [-0.25, -0.2) is 0 Å². The summed E-state index contributed by atoms with van der Waals surface area (Å²) in [5.41, 5.74) is 0. The number of hydrogen-bond donors (Lipinski definition) is 2. The van der Waals surface area contributed by atoms with E-state index in [2.05, 4.69) is 23.9 Å². The monoisotopic (exact) mass is 317 g/mol. The summed E-state index contributed by atoms with van der Waals surface area (Å²) in [5, 5.41) is 3.45. The second kappa shape index (κ2) is 7.90. The van der Waals surface area contributed by atoms with Crippen LogP contribution in [-0.2, 0) is 10.2 Å².